The van der Waals surface area contributed by atoms with Crippen LogP contribution >= 0.6 is 0 Å². The van der Waals surface area contributed by atoms with Crippen LogP contribution in [-0.2, 0) is 19.1 Å². The number of hydrogen-bond donors (Lipinski definition) is 1. The minimum absolute atomic E-state index is 0.0509. The fourth-order valence-electron chi connectivity index (χ4n) is 2.46. The van der Waals surface area contributed by atoms with E-state index in [0.29, 0.717) is 25.4 Å². The molecule has 0 spiro atoms. The fraction of sp³-hybridized carbons (Fsp3) is 0.850. The number of piperidine rings is 1. The minimum atomic E-state index is -0.211. The van der Waals surface area contributed by atoms with E-state index in [0.717, 1.165) is 19.5 Å². The number of amides is 1. The molecule has 0 saturated carbocycles. The van der Waals surface area contributed by atoms with Crippen LogP contribution in [0.1, 0.15) is 39.5 Å². The molecule has 28 heavy (non-hydrogen) atoms. The molecule has 1 N–H and O–H groups in total. The number of ketones is 1. The summed E-state index contributed by atoms with van der Waals surface area (Å²) in [5, 5.41) is 2.52. The van der Waals surface area contributed by atoms with E-state index in [1.807, 2.05) is 44.9 Å². The molecule has 0 aromatic carbocycles. The Morgan fingerprint density at radius 3 is 2.07 bits per heavy atom. The summed E-state index contributed by atoms with van der Waals surface area (Å²) in [5.41, 5.74) is 0. The number of nitrogens with one attached hydrogen (secondary N) is 1. The van der Waals surface area contributed by atoms with Crippen LogP contribution in [0.4, 0.5) is 0 Å². The molecule has 8 nitrogen and oxygen atoms in total. The van der Waals surface area contributed by atoms with Gasteiger partial charge in [0, 0.05) is 26.9 Å². The van der Waals surface area contributed by atoms with Gasteiger partial charge in [-0.3, -0.25) is 19.3 Å². The summed E-state index contributed by atoms with van der Waals surface area (Å²) < 4.78 is 4.67. The highest BCUT2D eigenvalue weighted by atomic mass is 16.5. The van der Waals surface area contributed by atoms with Gasteiger partial charge in [-0.25, -0.2) is 0 Å². The molecule has 8 heteroatoms. The monoisotopic (exact) mass is 402 g/mol. The largest absolute Gasteiger partial charge is 0.465 e. The van der Waals surface area contributed by atoms with Crippen molar-refractivity contribution in [3.05, 3.63) is 0 Å². The fourth-order valence-corrected chi connectivity index (χ4v) is 2.46. The number of carbonyl (C=O) groups is 3. The molecule has 1 saturated heterocycles. The maximum absolute atomic E-state index is 11.3. The maximum Gasteiger partial charge on any atom is 0.302 e. The molecule has 1 atom stereocenters. The van der Waals surface area contributed by atoms with E-state index in [9.17, 15) is 14.4 Å². The van der Waals surface area contributed by atoms with Gasteiger partial charge < -0.3 is 19.9 Å². The first-order valence-corrected chi connectivity index (χ1v) is 9.91. The normalized spacial score (nSPS) is 16.4. The van der Waals surface area contributed by atoms with E-state index < -0.39 is 0 Å². The van der Waals surface area contributed by atoms with Crippen LogP contribution < -0.4 is 5.32 Å². The van der Waals surface area contributed by atoms with Crippen molar-refractivity contribution in [1.29, 1.82) is 0 Å². The first-order valence-electron chi connectivity index (χ1n) is 9.91. The number of carbonyl (C=O) groups excluding carboxylic acids is 3. The summed E-state index contributed by atoms with van der Waals surface area (Å²) in [4.78, 5) is 38.0. The predicted molar refractivity (Wildman–Crippen MR) is 113 cm³/mol. The molecule has 166 valence electrons. The number of hydrogen-bond acceptors (Lipinski definition) is 7. The minimum Gasteiger partial charge on any atom is -0.465 e. The highest BCUT2D eigenvalue weighted by Gasteiger charge is 2.23. The Morgan fingerprint density at radius 2 is 1.71 bits per heavy atom. The van der Waals surface area contributed by atoms with Gasteiger partial charge in [-0.05, 0) is 54.6 Å². The van der Waals surface area contributed by atoms with Crippen LogP contribution in [0.2, 0.25) is 0 Å². The highest BCUT2D eigenvalue weighted by molar-refractivity contribution is 5.83. The first-order chi connectivity index (χ1) is 13.0. The average Bonchev–Trinajstić information content (AvgIpc) is 2.61. The Morgan fingerprint density at radius 1 is 1.11 bits per heavy atom. The molecule has 1 unspecified atom stereocenters. The van der Waals surface area contributed by atoms with Crippen LogP contribution in [0.25, 0.3) is 0 Å². The van der Waals surface area contributed by atoms with Gasteiger partial charge >= 0.3 is 5.97 Å². The van der Waals surface area contributed by atoms with Crippen LogP contribution in [0.15, 0.2) is 0 Å². The molecule has 0 bridgehead atoms. The van der Waals surface area contributed by atoms with Crippen molar-refractivity contribution < 1.29 is 19.1 Å². The number of nitrogens with zero attached hydrogens (tertiary/aromatic N) is 3. The molecule has 1 heterocycles. The lowest BCUT2D eigenvalue weighted by atomic mass is 9.98. The summed E-state index contributed by atoms with van der Waals surface area (Å²) in [6, 6.07) is 0.230. The Kier molecular flexibility index (Phi) is 18.0. The second kappa shape index (κ2) is 17.6. The molecule has 1 rings (SSSR count). The van der Waals surface area contributed by atoms with Crippen LogP contribution in [0.5, 0.6) is 0 Å². The Labute approximate surface area is 171 Å². The lowest BCUT2D eigenvalue weighted by Gasteiger charge is -2.30. The van der Waals surface area contributed by atoms with Gasteiger partial charge in [0.2, 0.25) is 5.91 Å². The maximum atomic E-state index is 11.3. The van der Waals surface area contributed by atoms with Crippen LogP contribution in [-0.4, -0.2) is 107 Å². The molecule has 1 aliphatic heterocycles. The second-order valence-electron chi connectivity index (χ2n) is 7.37. The van der Waals surface area contributed by atoms with Gasteiger partial charge in [0.15, 0.2) is 0 Å². The van der Waals surface area contributed by atoms with Crippen molar-refractivity contribution in [2.45, 2.75) is 45.6 Å². The van der Waals surface area contributed by atoms with Crippen molar-refractivity contribution in [2.24, 2.45) is 0 Å². The number of likely N-dealkylation sites (N-methyl/N-ethyl adjacent to an activating group) is 4. The van der Waals surface area contributed by atoms with E-state index >= 15 is 0 Å². The summed E-state index contributed by atoms with van der Waals surface area (Å²) in [5.74, 6) is 0.249. The zero-order chi connectivity index (χ0) is 22.1. The summed E-state index contributed by atoms with van der Waals surface area (Å²) >= 11 is 0. The first kappa shape index (κ1) is 28.7. The van der Waals surface area contributed by atoms with E-state index in [4.69, 9.17) is 0 Å². The van der Waals surface area contributed by atoms with Crippen molar-refractivity contribution in [3.63, 3.8) is 0 Å². The molecular weight excluding hydrogens is 360 g/mol. The van der Waals surface area contributed by atoms with Gasteiger partial charge in [-0.2, -0.15) is 0 Å². The number of rotatable bonds is 7. The van der Waals surface area contributed by atoms with Gasteiger partial charge in [0.05, 0.1) is 12.6 Å². The standard InChI is InChI=1S/C9H17NO.C6H13NO2.C5H12N2O/c1-3-9(11)8-6-4-5-7-10(8)2;1-6(8)9-5-4-7(2)3;1-6-5(8)4-7(2)3/h8H,3-7H2,1-2H3;4-5H2,1-3H3;4H2,1-3H3,(H,6,8). The van der Waals surface area contributed by atoms with Crippen molar-refractivity contribution in [3.8, 4) is 0 Å². The SMILES string of the molecule is CC(=O)OCCN(C)C.CCC(=O)C1CCCCN1C.CNC(=O)CN(C)C. The van der Waals surface area contributed by atoms with E-state index in [2.05, 4.69) is 22.0 Å². The third kappa shape index (κ3) is 17.9. The lowest BCUT2D eigenvalue weighted by Crippen LogP contribution is -2.41. The molecule has 1 fully saturated rings. The van der Waals surface area contributed by atoms with E-state index in [1.165, 1.54) is 19.8 Å². The zero-order valence-corrected chi connectivity index (χ0v) is 19.2. The Bertz CT molecular complexity index is 442. The predicted octanol–water partition coefficient (Wildman–Crippen LogP) is 0.855. The number of Topliss-reactive ketones (excluding diaryl/α,β-unsaturated/α-hetero) is 1. The quantitative estimate of drug-likeness (QED) is 0.632. The Hall–Kier alpha value is -1.51. The number of likely N-dealkylation sites (tertiary alicyclic amines) is 1. The van der Waals surface area contributed by atoms with Gasteiger partial charge in [0.25, 0.3) is 0 Å². The molecule has 0 aliphatic carbocycles. The van der Waals surface area contributed by atoms with Gasteiger partial charge in [0.1, 0.15) is 12.4 Å². The topological polar surface area (TPSA) is 82.2 Å². The average molecular weight is 403 g/mol. The summed E-state index contributed by atoms with van der Waals surface area (Å²) in [6.45, 7) is 6.20. The van der Waals surface area contributed by atoms with E-state index in [1.54, 1.807) is 7.05 Å². The van der Waals surface area contributed by atoms with Crippen molar-refractivity contribution >= 4 is 17.7 Å². The molecule has 0 radical (unpaired) electrons. The molecule has 1 aliphatic rings. The van der Waals surface area contributed by atoms with Crippen molar-refractivity contribution in [2.75, 3.05) is 68.5 Å². The van der Waals surface area contributed by atoms with E-state index in [-0.39, 0.29) is 17.9 Å². The van der Waals surface area contributed by atoms with Crippen LogP contribution in [0.3, 0.4) is 0 Å². The third-order valence-electron chi connectivity index (χ3n) is 4.07. The van der Waals surface area contributed by atoms with Gasteiger partial charge in [-0.15, -0.1) is 0 Å². The Balaban J connectivity index is 0. The number of ether oxygens (including phenoxy) is 1. The van der Waals surface area contributed by atoms with Gasteiger partial charge in [-0.1, -0.05) is 13.3 Å². The molecule has 0 aromatic heterocycles. The molecule has 1 amide bonds. The smallest absolute Gasteiger partial charge is 0.302 e. The highest BCUT2D eigenvalue weighted by Crippen LogP contribution is 2.16. The summed E-state index contributed by atoms with van der Waals surface area (Å²) in [6.07, 6.45) is 4.24. The third-order valence-corrected chi connectivity index (χ3v) is 4.07. The van der Waals surface area contributed by atoms with Crippen LogP contribution in [0, 0.1) is 0 Å². The zero-order valence-electron chi connectivity index (χ0n) is 19.2. The van der Waals surface area contributed by atoms with Crippen molar-refractivity contribution in [1.82, 2.24) is 20.0 Å². The number of esters is 1. The molecule has 0 aromatic rings. The second-order valence-corrected chi connectivity index (χ2v) is 7.37. The molecular formula is C20H42N4O4. The lowest BCUT2D eigenvalue weighted by molar-refractivity contribution is -0.141. The summed E-state index contributed by atoms with van der Waals surface area (Å²) in [7, 11) is 11.3.